The number of nitrogen functional groups attached to an aromatic ring is 1. The Labute approximate surface area is 115 Å². The molecule has 0 unspecified atom stereocenters. The number of aromatic nitrogens is 3. The Morgan fingerprint density at radius 2 is 1.80 bits per heavy atom. The molecule has 0 spiro atoms. The lowest BCUT2D eigenvalue weighted by Gasteiger charge is -2.00. The zero-order chi connectivity index (χ0) is 13.9. The number of nitriles is 1. The van der Waals surface area contributed by atoms with Gasteiger partial charge in [-0.25, -0.2) is 9.67 Å². The smallest absolute Gasteiger partial charge is 0.153 e. The third-order valence-corrected chi connectivity index (χ3v) is 2.94. The van der Waals surface area contributed by atoms with Crippen molar-refractivity contribution in [2.45, 2.75) is 0 Å². The van der Waals surface area contributed by atoms with Crippen LogP contribution in [0.3, 0.4) is 0 Å². The SMILES string of the molecule is N#Cc1ccc(-n2cc(-c3ccc(N)cc3)cn2)nc1. The number of hydrogen-bond acceptors (Lipinski definition) is 4. The summed E-state index contributed by atoms with van der Waals surface area (Å²) in [5, 5.41) is 13.0. The van der Waals surface area contributed by atoms with Crippen molar-refractivity contribution in [1.29, 1.82) is 5.26 Å². The molecule has 0 radical (unpaired) electrons. The van der Waals surface area contributed by atoms with Gasteiger partial charge in [0.1, 0.15) is 6.07 Å². The molecular formula is C15H11N5. The Morgan fingerprint density at radius 3 is 2.45 bits per heavy atom. The van der Waals surface area contributed by atoms with Crippen LogP contribution in [0.2, 0.25) is 0 Å². The average Bonchev–Trinajstić information content (AvgIpc) is 2.98. The van der Waals surface area contributed by atoms with Crippen molar-refractivity contribution in [3.63, 3.8) is 0 Å². The molecule has 0 atom stereocenters. The van der Waals surface area contributed by atoms with Crippen LogP contribution >= 0.6 is 0 Å². The Morgan fingerprint density at radius 1 is 1.00 bits per heavy atom. The average molecular weight is 261 g/mol. The minimum atomic E-state index is 0.527. The van der Waals surface area contributed by atoms with Crippen molar-refractivity contribution in [1.82, 2.24) is 14.8 Å². The summed E-state index contributed by atoms with van der Waals surface area (Å²) in [6.07, 6.45) is 5.19. The summed E-state index contributed by atoms with van der Waals surface area (Å²) in [4.78, 5) is 4.20. The van der Waals surface area contributed by atoms with Gasteiger partial charge >= 0.3 is 0 Å². The first kappa shape index (κ1) is 11.9. The largest absolute Gasteiger partial charge is 0.399 e. The van der Waals surface area contributed by atoms with E-state index in [9.17, 15) is 0 Å². The number of nitrogens with zero attached hydrogens (tertiary/aromatic N) is 4. The molecule has 3 rings (SSSR count). The van der Waals surface area contributed by atoms with Crippen LogP contribution in [0.15, 0.2) is 55.0 Å². The Hall–Kier alpha value is -3.13. The topological polar surface area (TPSA) is 80.5 Å². The fourth-order valence-electron chi connectivity index (χ4n) is 1.86. The third-order valence-electron chi connectivity index (χ3n) is 2.94. The van der Waals surface area contributed by atoms with E-state index in [0.29, 0.717) is 11.4 Å². The first-order valence-electron chi connectivity index (χ1n) is 6.03. The van der Waals surface area contributed by atoms with Gasteiger partial charge in [-0.1, -0.05) is 12.1 Å². The van der Waals surface area contributed by atoms with E-state index in [-0.39, 0.29) is 0 Å². The number of rotatable bonds is 2. The number of nitrogens with two attached hydrogens (primary N) is 1. The fraction of sp³-hybridized carbons (Fsp3) is 0. The summed E-state index contributed by atoms with van der Waals surface area (Å²) < 4.78 is 1.67. The second-order valence-electron chi connectivity index (χ2n) is 4.31. The minimum Gasteiger partial charge on any atom is -0.399 e. The van der Waals surface area contributed by atoms with Crippen LogP contribution < -0.4 is 5.73 Å². The molecule has 0 fully saturated rings. The first-order chi connectivity index (χ1) is 9.76. The molecular weight excluding hydrogens is 250 g/mol. The lowest BCUT2D eigenvalue weighted by molar-refractivity contribution is 0.846. The number of pyridine rings is 1. The fourth-order valence-corrected chi connectivity index (χ4v) is 1.86. The highest BCUT2D eigenvalue weighted by Crippen LogP contribution is 2.20. The molecule has 20 heavy (non-hydrogen) atoms. The highest BCUT2D eigenvalue weighted by atomic mass is 15.3. The summed E-state index contributed by atoms with van der Waals surface area (Å²) in [5.74, 6) is 0.672. The van der Waals surface area contributed by atoms with E-state index < -0.39 is 0 Å². The van der Waals surface area contributed by atoms with Crippen LogP contribution in [0.1, 0.15) is 5.56 Å². The zero-order valence-corrected chi connectivity index (χ0v) is 10.6. The Balaban J connectivity index is 1.93. The summed E-state index contributed by atoms with van der Waals surface area (Å²) in [6.45, 7) is 0. The molecule has 2 aromatic heterocycles. The molecule has 0 saturated heterocycles. The van der Waals surface area contributed by atoms with Crippen molar-refractivity contribution in [3.05, 3.63) is 60.6 Å². The molecule has 0 amide bonds. The van der Waals surface area contributed by atoms with E-state index >= 15 is 0 Å². The molecule has 0 aliphatic heterocycles. The summed E-state index contributed by atoms with van der Waals surface area (Å²) in [7, 11) is 0. The number of benzene rings is 1. The molecule has 2 N–H and O–H groups in total. The maximum atomic E-state index is 8.75. The van der Waals surface area contributed by atoms with Crippen molar-refractivity contribution in [2.75, 3.05) is 5.73 Å². The number of hydrogen-bond donors (Lipinski definition) is 1. The van der Waals surface area contributed by atoms with Crippen LogP contribution in [0.5, 0.6) is 0 Å². The van der Waals surface area contributed by atoms with Gasteiger partial charge in [-0.15, -0.1) is 0 Å². The normalized spacial score (nSPS) is 10.2. The minimum absolute atomic E-state index is 0.527. The lowest BCUT2D eigenvalue weighted by atomic mass is 10.1. The van der Waals surface area contributed by atoms with Crippen molar-refractivity contribution < 1.29 is 0 Å². The van der Waals surface area contributed by atoms with E-state index in [2.05, 4.69) is 10.1 Å². The van der Waals surface area contributed by atoms with Crippen LogP contribution in [-0.4, -0.2) is 14.8 Å². The van der Waals surface area contributed by atoms with Gasteiger partial charge in [0.2, 0.25) is 0 Å². The first-order valence-corrected chi connectivity index (χ1v) is 6.03. The second kappa shape index (κ2) is 4.86. The van der Waals surface area contributed by atoms with Gasteiger partial charge < -0.3 is 5.73 Å². The summed E-state index contributed by atoms with van der Waals surface area (Å²) in [5.41, 5.74) is 8.95. The van der Waals surface area contributed by atoms with Gasteiger partial charge in [0.05, 0.1) is 11.8 Å². The van der Waals surface area contributed by atoms with E-state index in [1.807, 2.05) is 36.5 Å². The van der Waals surface area contributed by atoms with Crippen LogP contribution in [0.4, 0.5) is 5.69 Å². The zero-order valence-electron chi connectivity index (χ0n) is 10.6. The molecule has 0 saturated carbocycles. The van der Waals surface area contributed by atoms with Gasteiger partial charge in [0.15, 0.2) is 5.82 Å². The Bertz CT molecular complexity index is 763. The molecule has 5 nitrogen and oxygen atoms in total. The molecule has 1 aromatic carbocycles. The summed E-state index contributed by atoms with van der Waals surface area (Å²) >= 11 is 0. The van der Waals surface area contributed by atoms with Crippen LogP contribution in [0, 0.1) is 11.3 Å². The van der Waals surface area contributed by atoms with Gasteiger partial charge in [-0.05, 0) is 29.8 Å². The molecule has 0 bridgehead atoms. The lowest BCUT2D eigenvalue weighted by Crippen LogP contribution is -1.97. The van der Waals surface area contributed by atoms with Gasteiger partial charge in [-0.2, -0.15) is 10.4 Å². The van der Waals surface area contributed by atoms with Crippen molar-refractivity contribution in [3.8, 4) is 23.0 Å². The molecule has 5 heteroatoms. The third kappa shape index (κ3) is 2.22. The maximum absolute atomic E-state index is 8.75. The van der Waals surface area contributed by atoms with E-state index in [1.54, 1.807) is 23.0 Å². The summed E-state index contributed by atoms with van der Waals surface area (Å²) in [6, 6.07) is 13.1. The van der Waals surface area contributed by atoms with Crippen molar-refractivity contribution in [2.24, 2.45) is 0 Å². The van der Waals surface area contributed by atoms with E-state index in [1.165, 1.54) is 6.20 Å². The molecule has 96 valence electrons. The van der Waals surface area contributed by atoms with Gasteiger partial charge in [-0.3, -0.25) is 0 Å². The molecule has 0 aliphatic rings. The maximum Gasteiger partial charge on any atom is 0.153 e. The standard InChI is InChI=1S/C15H11N5/c16-7-11-1-6-15(18-8-11)20-10-13(9-19-20)12-2-4-14(17)5-3-12/h1-6,8-10H,17H2. The predicted molar refractivity (Wildman–Crippen MR) is 75.9 cm³/mol. The highest BCUT2D eigenvalue weighted by molar-refractivity contribution is 5.64. The van der Waals surface area contributed by atoms with Crippen molar-refractivity contribution >= 4 is 5.69 Å². The molecule has 2 heterocycles. The van der Waals surface area contributed by atoms with E-state index in [4.69, 9.17) is 11.0 Å². The highest BCUT2D eigenvalue weighted by Gasteiger charge is 2.04. The van der Waals surface area contributed by atoms with Crippen LogP contribution in [0.25, 0.3) is 16.9 Å². The second-order valence-corrected chi connectivity index (χ2v) is 4.31. The van der Waals surface area contributed by atoms with Gasteiger partial charge in [0.25, 0.3) is 0 Å². The van der Waals surface area contributed by atoms with Crippen LogP contribution in [-0.2, 0) is 0 Å². The Kier molecular flexibility index (Phi) is 2.90. The predicted octanol–water partition coefficient (Wildman–Crippen LogP) is 2.39. The van der Waals surface area contributed by atoms with E-state index in [0.717, 1.165) is 16.8 Å². The molecule has 0 aliphatic carbocycles. The quantitative estimate of drug-likeness (QED) is 0.718. The van der Waals surface area contributed by atoms with Gasteiger partial charge in [0, 0.05) is 23.6 Å². The number of anilines is 1. The molecule has 3 aromatic rings. The monoisotopic (exact) mass is 261 g/mol.